The van der Waals surface area contributed by atoms with Gasteiger partial charge in [-0.1, -0.05) is 32.8 Å². The van der Waals surface area contributed by atoms with Gasteiger partial charge in [-0.3, -0.25) is 24.0 Å². The summed E-state index contributed by atoms with van der Waals surface area (Å²) in [4.78, 5) is 75.9. The molecule has 0 fully saturated rings. The zero-order valence-electron chi connectivity index (χ0n) is 23.0. The summed E-state index contributed by atoms with van der Waals surface area (Å²) in [6.07, 6.45) is 9.66. The number of hydrogen-bond donors (Lipinski definition) is 4. The van der Waals surface area contributed by atoms with Gasteiger partial charge in [-0.2, -0.15) is 0 Å². The molecule has 14 heteroatoms. The number of unbranched alkanes of at least 4 members (excludes halogenated alkanes) is 1. The van der Waals surface area contributed by atoms with Crippen molar-refractivity contribution in [3.63, 3.8) is 0 Å². The number of aromatic nitrogens is 3. The molecule has 0 unspecified atom stereocenters. The van der Waals surface area contributed by atoms with Crippen molar-refractivity contribution in [3.8, 4) is 0 Å². The van der Waals surface area contributed by atoms with E-state index in [-0.39, 0.29) is 24.2 Å². The number of imidazole rings is 1. The van der Waals surface area contributed by atoms with Crippen molar-refractivity contribution in [3.05, 3.63) is 59.1 Å². The number of allylic oxidation sites excluding steroid dienone is 1. The number of aryl methyl sites for hydroxylation is 1. The molecule has 2 aromatic heterocycles. The zero-order valence-corrected chi connectivity index (χ0v) is 23.0. The standard InChI is InChI=1S/C22H26N6O8.C4H10/c1-27-13-23-10-16(27)21(34)25-14(6-3-4-8-19(32)36-2)20(33)26-15-7-5-9-28(22(15)35)12-17(29)24-11-18(30)31;1-3-4-2/h4-5,7-10,13-14H,3,6,11-12H2,1-2H3,(H,24,29)(H,25,34)(H,26,33)(H,30,31);3-4H2,1-2H3/b8-4+;/t14-;/m0./s1. The van der Waals surface area contributed by atoms with E-state index in [2.05, 4.69) is 39.5 Å². The molecule has 40 heavy (non-hydrogen) atoms. The van der Waals surface area contributed by atoms with Gasteiger partial charge in [-0.25, -0.2) is 9.78 Å². The fourth-order valence-corrected chi connectivity index (χ4v) is 2.95. The number of nitrogens with zero attached hydrogens (tertiary/aromatic N) is 3. The number of methoxy groups -OCH3 is 1. The Morgan fingerprint density at radius 1 is 1.18 bits per heavy atom. The van der Waals surface area contributed by atoms with Crippen molar-refractivity contribution < 1.29 is 33.8 Å². The van der Waals surface area contributed by atoms with E-state index in [0.717, 1.165) is 4.57 Å². The monoisotopic (exact) mass is 560 g/mol. The third kappa shape index (κ3) is 11.8. The van der Waals surface area contributed by atoms with E-state index in [4.69, 9.17) is 5.11 Å². The van der Waals surface area contributed by atoms with E-state index in [9.17, 15) is 28.8 Å². The molecule has 218 valence electrons. The lowest BCUT2D eigenvalue weighted by molar-refractivity contribution is -0.138. The van der Waals surface area contributed by atoms with Crippen LogP contribution in [0.3, 0.4) is 0 Å². The number of carbonyl (C=O) groups excluding carboxylic acids is 4. The Balaban J connectivity index is 0.00000187. The Kier molecular flexibility index (Phi) is 14.7. The number of nitrogens with one attached hydrogen (secondary N) is 3. The molecule has 1 atom stereocenters. The Morgan fingerprint density at radius 3 is 2.45 bits per heavy atom. The highest BCUT2D eigenvalue weighted by molar-refractivity contribution is 6.00. The molecule has 2 heterocycles. The van der Waals surface area contributed by atoms with Crippen LogP contribution < -0.4 is 21.5 Å². The number of aliphatic carboxylic acids is 1. The van der Waals surface area contributed by atoms with Crippen molar-refractivity contribution in [2.24, 2.45) is 7.05 Å². The van der Waals surface area contributed by atoms with Gasteiger partial charge in [-0.15, -0.1) is 0 Å². The summed E-state index contributed by atoms with van der Waals surface area (Å²) in [5.41, 5.74) is -0.663. The number of carbonyl (C=O) groups is 5. The van der Waals surface area contributed by atoms with Crippen LogP contribution in [0, 0.1) is 0 Å². The van der Waals surface area contributed by atoms with Gasteiger partial charge in [0.15, 0.2) is 0 Å². The molecule has 0 spiro atoms. The maximum absolute atomic E-state index is 13.0. The van der Waals surface area contributed by atoms with Gasteiger partial charge in [0.25, 0.3) is 11.5 Å². The third-order valence-electron chi connectivity index (χ3n) is 5.28. The minimum Gasteiger partial charge on any atom is -0.480 e. The topological polar surface area (TPSA) is 191 Å². The number of hydrogen-bond acceptors (Lipinski definition) is 8. The first kappa shape index (κ1) is 33.3. The van der Waals surface area contributed by atoms with E-state index >= 15 is 0 Å². The van der Waals surface area contributed by atoms with Crippen LogP contribution in [-0.4, -0.2) is 68.6 Å². The highest BCUT2D eigenvalue weighted by atomic mass is 16.5. The first-order chi connectivity index (χ1) is 19.0. The van der Waals surface area contributed by atoms with Crippen LogP contribution in [0.5, 0.6) is 0 Å². The molecule has 0 bridgehead atoms. The molecule has 0 saturated carbocycles. The number of rotatable bonds is 13. The summed E-state index contributed by atoms with van der Waals surface area (Å²) in [5.74, 6) is -3.80. The van der Waals surface area contributed by atoms with E-state index in [1.165, 1.54) is 67.5 Å². The molecule has 2 aromatic rings. The van der Waals surface area contributed by atoms with Crippen LogP contribution in [-0.2, 0) is 37.5 Å². The number of anilines is 1. The quantitative estimate of drug-likeness (QED) is 0.203. The van der Waals surface area contributed by atoms with Crippen molar-refractivity contribution in [2.75, 3.05) is 19.0 Å². The van der Waals surface area contributed by atoms with Crippen molar-refractivity contribution >= 4 is 35.3 Å². The molecule has 3 amide bonds. The average Bonchev–Trinajstić information content (AvgIpc) is 3.37. The van der Waals surface area contributed by atoms with Crippen LogP contribution in [0.1, 0.15) is 50.0 Å². The van der Waals surface area contributed by atoms with E-state index in [0.29, 0.717) is 0 Å². The van der Waals surface area contributed by atoms with Crippen molar-refractivity contribution in [1.29, 1.82) is 0 Å². The van der Waals surface area contributed by atoms with Crippen LogP contribution in [0.4, 0.5) is 5.69 Å². The largest absolute Gasteiger partial charge is 0.480 e. The molecular weight excluding hydrogens is 524 g/mol. The molecule has 0 radical (unpaired) electrons. The summed E-state index contributed by atoms with van der Waals surface area (Å²) in [6.45, 7) is 3.29. The number of carboxylic acid groups (broad SMARTS) is 1. The molecule has 0 aliphatic rings. The first-order valence-corrected chi connectivity index (χ1v) is 12.5. The van der Waals surface area contributed by atoms with E-state index < -0.39 is 54.4 Å². The molecule has 2 rings (SSSR count). The number of amides is 3. The van der Waals surface area contributed by atoms with Crippen LogP contribution >= 0.6 is 0 Å². The van der Waals surface area contributed by atoms with Gasteiger partial charge in [0.2, 0.25) is 11.8 Å². The maximum Gasteiger partial charge on any atom is 0.330 e. The molecule has 0 aromatic carbocycles. The van der Waals surface area contributed by atoms with Crippen LogP contribution in [0.15, 0.2) is 47.8 Å². The number of esters is 1. The predicted molar refractivity (Wildman–Crippen MR) is 145 cm³/mol. The van der Waals surface area contributed by atoms with Gasteiger partial charge < -0.3 is 34.9 Å². The van der Waals surface area contributed by atoms with Crippen LogP contribution in [0.25, 0.3) is 0 Å². The highest BCUT2D eigenvalue weighted by Gasteiger charge is 2.23. The van der Waals surface area contributed by atoms with Crippen LogP contribution in [0.2, 0.25) is 0 Å². The number of pyridine rings is 1. The zero-order chi connectivity index (χ0) is 30.1. The minimum absolute atomic E-state index is 0.0849. The fourth-order valence-electron chi connectivity index (χ4n) is 2.95. The van der Waals surface area contributed by atoms with E-state index in [1.807, 2.05) is 0 Å². The van der Waals surface area contributed by atoms with E-state index in [1.54, 1.807) is 7.05 Å². The van der Waals surface area contributed by atoms with Gasteiger partial charge in [0.05, 0.1) is 19.6 Å². The second-order valence-corrected chi connectivity index (χ2v) is 8.43. The summed E-state index contributed by atoms with van der Waals surface area (Å²) < 4.78 is 6.97. The van der Waals surface area contributed by atoms with Gasteiger partial charge in [-0.05, 0) is 25.0 Å². The Hall–Kier alpha value is -4.75. The lowest BCUT2D eigenvalue weighted by Crippen LogP contribution is -2.45. The smallest absolute Gasteiger partial charge is 0.330 e. The third-order valence-corrected chi connectivity index (χ3v) is 5.28. The first-order valence-electron chi connectivity index (χ1n) is 12.5. The summed E-state index contributed by atoms with van der Waals surface area (Å²) >= 11 is 0. The normalized spacial score (nSPS) is 11.1. The highest BCUT2D eigenvalue weighted by Crippen LogP contribution is 2.07. The Bertz CT molecular complexity index is 1250. The minimum atomic E-state index is -1.24. The molecular formula is C26H36N6O8. The number of carboxylic acids is 1. The molecule has 0 aliphatic carbocycles. The fraction of sp³-hybridized carbons (Fsp3) is 0.423. The second kappa shape index (κ2) is 17.7. The molecule has 0 aliphatic heterocycles. The Morgan fingerprint density at radius 2 is 1.88 bits per heavy atom. The van der Waals surface area contributed by atoms with Gasteiger partial charge in [0.1, 0.15) is 30.5 Å². The van der Waals surface area contributed by atoms with Gasteiger partial charge >= 0.3 is 11.9 Å². The average molecular weight is 561 g/mol. The molecule has 4 N–H and O–H groups in total. The summed E-state index contributed by atoms with van der Waals surface area (Å²) in [5, 5.41) is 15.8. The Labute approximate surface area is 231 Å². The molecule has 14 nitrogen and oxygen atoms in total. The molecule has 0 saturated heterocycles. The maximum atomic E-state index is 13.0. The summed E-state index contributed by atoms with van der Waals surface area (Å²) in [7, 11) is 2.83. The lowest BCUT2D eigenvalue weighted by Gasteiger charge is -2.18. The second-order valence-electron chi connectivity index (χ2n) is 8.43. The van der Waals surface area contributed by atoms with Crippen molar-refractivity contribution in [2.45, 2.75) is 52.1 Å². The SMILES string of the molecule is CCCC.COC(=O)/C=C/CC[C@H](NC(=O)c1cncn1C)C(=O)Nc1cccn(CC(=O)NCC(=O)O)c1=O. The number of ether oxygens (including phenoxy) is 1. The lowest BCUT2D eigenvalue weighted by atomic mass is 10.1. The van der Waals surface area contributed by atoms with Crippen molar-refractivity contribution in [1.82, 2.24) is 24.8 Å². The predicted octanol–water partition coefficient (Wildman–Crippen LogP) is 0.836. The summed E-state index contributed by atoms with van der Waals surface area (Å²) in [6, 6.07) is 1.65. The van der Waals surface area contributed by atoms with Gasteiger partial charge in [0, 0.05) is 19.3 Å².